The fourth-order valence-corrected chi connectivity index (χ4v) is 3.89. The van der Waals surface area contributed by atoms with Crippen molar-refractivity contribution in [2.75, 3.05) is 20.6 Å². The van der Waals surface area contributed by atoms with Gasteiger partial charge in [-0.3, -0.25) is 9.59 Å². The Morgan fingerprint density at radius 1 is 1.11 bits per heavy atom. The Hall–Kier alpha value is -3.15. The zero-order valence-electron chi connectivity index (χ0n) is 16.2. The lowest BCUT2D eigenvalue weighted by Crippen LogP contribution is -2.33. The van der Waals surface area contributed by atoms with E-state index in [2.05, 4.69) is 9.88 Å². The predicted octanol–water partition coefficient (Wildman–Crippen LogP) is 3.25. The molecule has 0 bridgehead atoms. The molecule has 0 spiro atoms. The van der Waals surface area contributed by atoms with Crippen molar-refractivity contribution in [3.8, 4) is 11.4 Å². The summed E-state index contributed by atoms with van der Waals surface area (Å²) in [5.41, 5.74) is 3.32. The molecule has 6 heteroatoms. The van der Waals surface area contributed by atoms with Crippen LogP contribution in [0.1, 0.15) is 35.7 Å². The molecule has 1 saturated heterocycles. The Morgan fingerprint density at radius 3 is 2.61 bits per heavy atom. The molecule has 1 aliphatic heterocycles. The number of carbonyl (C=O) groups is 2. The number of likely N-dealkylation sites (tertiary alicyclic amines) is 1. The molecule has 1 atom stereocenters. The van der Waals surface area contributed by atoms with Gasteiger partial charge in [0, 0.05) is 31.8 Å². The highest BCUT2D eigenvalue weighted by molar-refractivity contribution is 5.94. The van der Waals surface area contributed by atoms with Crippen molar-refractivity contribution in [2.24, 2.45) is 0 Å². The van der Waals surface area contributed by atoms with Gasteiger partial charge >= 0.3 is 0 Å². The molecule has 144 valence electrons. The number of para-hydroxylation sites is 2. The maximum atomic E-state index is 13.1. The largest absolute Gasteiger partial charge is 0.355 e. The van der Waals surface area contributed by atoms with E-state index in [-0.39, 0.29) is 17.9 Å². The van der Waals surface area contributed by atoms with Gasteiger partial charge < -0.3 is 14.8 Å². The third-order valence-corrected chi connectivity index (χ3v) is 5.42. The average Bonchev–Trinajstić information content (AvgIpc) is 3.03. The Morgan fingerprint density at radius 2 is 1.86 bits per heavy atom. The Kier molecular flexibility index (Phi) is 4.86. The number of rotatable bonds is 3. The highest BCUT2D eigenvalue weighted by Gasteiger charge is 2.30. The maximum Gasteiger partial charge on any atom is 0.251 e. The van der Waals surface area contributed by atoms with E-state index in [1.807, 2.05) is 48.3 Å². The highest BCUT2D eigenvalue weighted by atomic mass is 16.2. The number of likely N-dealkylation sites (N-methyl/N-ethyl adjacent to an activating group) is 1. The van der Waals surface area contributed by atoms with E-state index >= 15 is 0 Å². The molecule has 4 rings (SSSR count). The van der Waals surface area contributed by atoms with Crippen LogP contribution in [-0.4, -0.2) is 46.9 Å². The van der Waals surface area contributed by atoms with Crippen LogP contribution in [0.3, 0.4) is 0 Å². The molecule has 1 aromatic heterocycles. The van der Waals surface area contributed by atoms with Gasteiger partial charge in [-0.2, -0.15) is 0 Å². The Balaban J connectivity index is 1.86. The van der Waals surface area contributed by atoms with E-state index in [4.69, 9.17) is 4.98 Å². The first-order valence-electron chi connectivity index (χ1n) is 9.64. The fourth-order valence-electron chi connectivity index (χ4n) is 3.89. The van der Waals surface area contributed by atoms with Gasteiger partial charge in [-0.05, 0) is 43.5 Å². The molecular weight excluding hydrogens is 352 g/mol. The number of carbonyl (C=O) groups excluding carboxylic acids is 2. The van der Waals surface area contributed by atoms with Crippen molar-refractivity contribution in [1.29, 1.82) is 0 Å². The maximum absolute atomic E-state index is 13.1. The van der Waals surface area contributed by atoms with Crippen LogP contribution < -0.4 is 5.32 Å². The molecule has 1 fully saturated rings. The van der Waals surface area contributed by atoms with Gasteiger partial charge in [0.1, 0.15) is 11.9 Å². The first kappa shape index (κ1) is 18.2. The number of benzene rings is 2. The third-order valence-electron chi connectivity index (χ3n) is 5.42. The van der Waals surface area contributed by atoms with Gasteiger partial charge in [-0.15, -0.1) is 0 Å². The molecule has 0 unspecified atom stereocenters. The van der Waals surface area contributed by atoms with Gasteiger partial charge in [0.15, 0.2) is 0 Å². The zero-order valence-corrected chi connectivity index (χ0v) is 16.2. The number of hydrogen-bond donors (Lipinski definition) is 1. The minimum absolute atomic E-state index is 0.124. The molecule has 2 aromatic carbocycles. The topological polar surface area (TPSA) is 67.2 Å². The van der Waals surface area contributed by atoms with E-state index in [1.54, 1.807) is 19.2 Å². The lowest BCUT2D eigenvalue weighted by atomic mass is 10.1. The molecule has 0 radical (unpaired) electrons. The van der Waals surface area contributed by atoms with Gasteiger partial charge in [-0.1, -0.05) is 24.3 Å². The lowest BCUT2D eigenvalue weighted by Gasteiger charge is -2.23. The second kappa shape index (κ2) is 7.46. The smallest absolute Gasteiger partial charge is 0.251 e. The normalized spacial score (nSPS) is 17.6. The van der Waals surface area contributed by atoms with Crippen LogP contribution in [0.4, 0.5) is 0 Å². The second-order valence-corrected chi connectivity index (χ2v) is 7.22. The first-order chi connectivity index (χ1) is 13.6. The SMILES string of the molecule is CNC(=O)c1ccc(-c2nc3ccccc3n2[C@H]2CCCCN(C)C2=O)cc1. The molecule has 2 amide bonds. The van der Waals surface area contributed by atoms with E-state index < -0.39 is 0 Å². The molecule has 2 heterocycles. The molecule has 28 heavy (non-hydrogen) atoms. The zero-order chi connectivity index (χ0) is 19.7. The minimum Gasteiger partial charge on any atom is -0.355 e. The average molecular weight is 376 g/mol. The molecular formula is C22H24N4O2. The summed E-state index contributed by atoms with van der Waals surface area (Å²) in [7, 11) is 3.49. The number of amides is 2. The summed E-state index contributed by atoms with van der Waals surface area (Å²) in [5.74, 6) is 0.766. The first-order valence-corrected chi connectivity index (χ1v) is 9.64. The third kappa shape index (κ3) is 3.15. The number of aromatic nitrogens is 2. The van der Waals surface area contributed by atoms with Crippen LogP contribution in [-0.2, 0) is 4.79 Å². The van der Waals surface area contributed by atoms with Crippen molar-refractivity contribution in [1.82, 2.24) is 19.8 Å². The summed E-state index contributed by atoms with van der Waals surface area (Å²) < 4.78 is 2.08. The van der Waals surface area contributed by atoms with E-state index in [0.717, 1.165) is 48.2 Å². The van der Waals surface area contributed by atoms with Gasteiger partial charge in [0.05, 0.1) is 11.0 Å². The Labute approximate surface area is 164 Å². The molecule has 0 saturated carbocycles. The fraction of sp³-hybridized carbons (Fsp3) is 0.318. The van der Waals surface area contributed by atoms with Crippen LogP contribution >= 0.6 is 0 Å². The van der Waals surface area contributed by atoms with Crippen LogP contribution in [0, 0.1) is 0 Å². The Bertz CT molecular complexity index is 1020. The highest BCUT2D eigenvalue weighted by Crippen LogP contribution is 2.33. The number of nitrogens with one attached hydrogen (secondary N) is 1. The van der Waals surface area contributed by atoms with Crippen molar-refractivity contribution >= 4 is 22.8 Å². The minimum atomic E-state index is -0.270. The summed E-state index contributed by atoms with van der Waals surface area (Å²) >= 11 is 0. The molecule has 1 N–H and O–H groups in total. The van der Waals surface area contributed by atoms with Crippen LogP contribution in [0.5, 0.6) is 0 Å². The number of imidazole rings is 1. The molecule has 6 nitrogen and oxygen atoms in total. The lowest BCUT2D eigenvalue weighted by molar-refractivity contribution is -0.132. The van der Waals surface area contributed by atoms with Crippen LogP contribution in [0.15, 0.2) is 48.5 Å². The van der Waals surface area contributed by atoms with Crippen molar-refractivity contribution < 1.29 is 9.59 Å². The van der Waals surface area contributed by atoms with Crippen molar-refractivity contribution in [3.05, 3.63) is 54.1 Å². The molecule has 0 aliphatic carbocycles. The summed E-state index contributed by atoms with van der Waals surface area (Å²) in [6, 6.07) is 15.0. The van der Waals surface area contributed by atoms with Crippen LogP contribution in [0.2, 0.25) is 0 Å². The molecule has 1 aliphatic rings. The monoisotopic (exact) mass is 376 g/mol. The summed E-state index contributed by atoms with van der Waals surface area (Å²) in [6.45, 7) is 0.790. The summed E-state index contributed by atoms with van der Waals surface area (Å²) in [5, 5.41) is 2.63. The summed E-state index contributed by atoms with van der Waals surface area (Å²) in [6.07, 6.45) is 2.82. The number of nitrogens with zero attached hydrogens (tertiary/aromatic N) is 3. The number of hydrogen-bond acceptors (Lipinski definition) is 3. The second-order valence-electron chi connectivity index (χ2n) is 7.22. The quantitative estimate of drug-likeness (QED) is 0.763. The number of fused-ring (bicyclic) bond motifs is 1. The predicted molar refractivity (Wildman–Crippen MR) is 109 cm³/mol. The van der Waals surface area contributed by atoms with E-state index in [1.165, 1.54) is 0 Å². The molecule has 3 aromatic rings. The van der Waals surface area contributed by atoms with Crippen molar-refractivity contribution in [3.63, 3.8) is 0 Å². The van der Waals surface area contributed by atoms with Crippen molar-refractivity contribution in [2.45, 2.75) is 25.3 Å². The van der Waals surface area contributed by atoms with Crippen LogP contribution in [0.25, 0.3) is 22.4 Å². The standard InChI is InChI=1S/C22H24N4O2/c1-23-21(27)16-12-10-15(11-13-16)20-24-17-7-3-4-8-18(17)26(20)19-9-5-6-14-25(2)22(19)28/h3-4,7-8,10-13,19H,5-6,9,14H2,1-2H3,(H,23,27)/t19-/m0/s1. The van der Waals surface area contributed by atoms with E-state index in [9.17, 15) is 9.59 Å². The van der Waals surface area contributed by atoms with Gasteiger partial charge in [-0.25, -0.2) is 4.98 Å². The van der Waals surface area contributed by atoms with E-state index in [0.29, 0.717) is 5.56 Å². The van der Waals surface area contributed by atoms with Gasteiger partial charge in [0.25, 0.3) is 5.91 Å². The van der Waals surface area contributed by atoms with Gasteiger partial charge in [0.2, 0.25) is 5.91 Å². The summed E-state index contributed by atoms with van der Waals surface area (Å²) in [4.78, 5) is 31.6.